The van der Waals surface area contributed by atoms with Gasteiger partial charge in [0.25, 0.3) is 0 Å². The average molecular weight is 224 g/mol. The minimum Gasteiger partial charge on any atom is -0.316 e. The van der Waals surface area contributed by atoms with E-state index < -0.39 is 0 Å². The molecule has 0 bridgehead atoms. The summed E-state index contributed by atoms with van der Waals surface area (Å²) in [6.07, 6.45) is 7.00. The standard InChI is InChI=1S/C14H28N2/c1-3-5-13-9-14(13)16-8-6-12(11-16)10-15-7-4-2/h12-15H,3-11H2,1-2H3. The van der Waals surface area contributed by atoms with Crippen molar-refractivity contribution in [2.24, 2.45) is 11.8 Å². The normalized spacial score (nSPS) is 34.5. The molecule has 1 saturated heterocycles. The Labute approximate surface area is 101 Å². The smallest absolute Gasteiger partial charge is 0.0127 e. The summed E-state index contributed by atoms with van der Waals surface area (Å²) in [4.78, 5) is 2.76. The van der Waals surface area contributed by atoms with Gasteiger partial charge in [-0.05, 0) is 57.2 Å². The van der Waals surface area contributed by atoms with Crippen LogP contribution in [0, 0.1) is 11.8 Å². The molecule has 16 heavy (non-hydrogen) atoms. The first-order valence-electron chi connectivity index (χ1n) is 7.29. The van der Waals surface area contributed by atoms with Crippen molar-refractivity contribution < 1.29 is 0 Å². The summed E-state index contributed by atoms with van der Waals surface area (Å²) in [6.45, 7) is 9.73. The fourth-order valence-corrected chi connectivity index (χ4v) is 3.17. The maximum Gasteiger partial charge on any atom is 0.0127 e. The monoisotopic (exact) mass is 224 g/mol. The number of likely N-dealkylation sites (tertiary alicyclic amines) is 1. The number of hydrogen-bond acceptors (Lipinski definition) is 2. The molecule has 2 heteroatoms. The summed E-state index contributed by atoms with van der Waals surface area (Å²) in [5, 5.41) is 3.57. The van der Waals surface area contributed by atoms with E-state index in [0.717, 1.165) is 17.9 Å². The number of rotatable bonds is 7. The summed E-state index contributed by atoms with van der Waals surface area (Å²) in [6, 6.07) is 0.969. The largest absolute Gasteiger partial charge is 0.316 e. The van der Waals surface area contributed by atoms with Gasteiger partial charge in [0, 0.05) is 12.6 Å². The Morgan fingerprint density at radius 1 is 1.25 bits per heavy atom. The maximum atomic E-state index is 3.57. The van der Waals surface area contributed by atoms with Crippen molar-refractivity contribution >= 4 is 0 Å². The van der Waals surface area contributed by atoms with E-state index in [1.807, 2.05) is 0 Å². The van der Waals surface area contributed by atoms with Gasteiger partial charge in [-0.2, -0.15) is 0 Å². The second-order valence-electron chi connectivity index (χ2n) is 5.71. The van der Waals surface area contributed by atoms with E-state index in [1.54, 1.807) is 0 Å². The highest BCUT2D eigenvalue weighted by Gasteiger charge is 2.42. The fraction of sp³-hybridized carbons (Fsp3) is 1.00. The van der Waals surface area contributed by atoms with Crippen LogP contribution in [0.15, 0.2) is 0 Å². The molecule has 1 aliphatic heterocycles. The third-order valence-corrected chi connectivity index (χ3v) is 4.19. The molecule has 1 heterocycles. The highest BCUT2D eigenvalue weighted by Crippen LogP contribution is 2.41. The van der Waals surface area contributed by atoms with Crippen LogP contribution in [0.2, 0.25) is 0 Å². The molecule has 1 saturated carbocycles. The summed E-state index contributed by atoms with van der Waals surface area (Å²) >= 11 is 0. The Kier molecular flexibility index (Phi) is 4.66. The predicted octanol–water partition coefficient (Wildman–Crippen LogP) is 2.50. The average Bonchev–Trinajstić information content (AvgIpc) is 2.89. The lowest BCUT2D eigenvalue weighted by atomic mass is 10.1. The van der Waals surface area contributed by atoms with E-state index in [1.165, 1.54) is 58.3 Å². The van der Waals surface area contributed by atoms with E-state index in [-0.39, 0.29) is 0 Å². The Balaban J connectivity index is 1.61. The van der Waals surface area contributed by atoms with Crippen LogP contribution in [-0.2, 0) is 0 Å². The molecule has 3 atom stereocenters. The molecule has 94 valence electrons. The van der Waals surface area contributed by atoms with Crippen molar-refractivity contribution in [3.63, 3.8) is 0 Å². The number of nitrogens with one attached hydrogen (secondary N) is 1. The summed E-state index contributed by atoms with van der Waals surface area (Å²) in [5.41, 5.74) is 0. The van der Waals surface area contributed by atoms with E-state index in [9.17, 15) is 0 Å². The fourth-order valence-electron chi connectivity index (χ4n) is 3.17. The lowest BCUT2D eigenvalue weighted by Gasteiger charge is -2.16. The second kappa shape index (κ2) is 6.02. The molecule has 0 radical (unpaired) electrons. The van der Waals surface area contributed by atoms with Gasteiger partial charge in [0.1, 0.15) is 0 Å². The van der Waals surface area contributed by atoms with Crippen molar-refractivity contribution in [1.29, 1.82) is 0 Å². The summed E-state index contributed by atoms with van der Waals surface area (Å²) in [7, 11) is 0. The Bertz CT molecular complexity index is 205. The van der Waals surface area contributed by atoms with Crippen LogP contribution in [0.25, 0.3) is 0 Å². The molecule has 1 N–H and O–H groups in total. The van der Waals surface area contributed by atoms with E-state index >= 15 is 0 Å². The van der Waals surface area contributed by atoms with Gasteiger partial charge in [-0.3, -0.25) is 4.90 Å². The van der Waals surface area contributed by atoms with E-state index in [0.29, 0.717) is 0 Å². The summed E-state index contributed by atoms with van der Waals surface area (Å²) < 4.78 is 0. The molecular weight excluding hydrogens is 196 g/mol. The number of nitrogens with zero attached hydrogens (tertiary/aromatic N) is 1. The van der Waals surface area contributed by atoms with Crippen LogP contribution in [-0.4, -0.2) is 37.1 Å². The van der Waals surface area contributed by atoms with Crippen molar-refractivity contribution in [1.82, 2.24) is 10.2 Å². The maximum absolute atomic E-state index is 3.57. The molecule has 2 aliphatic rings. The molecule has 0 aromatic heterocycles. The van der Waals surface area contributed by atoms with Gasteiger partial charge >= 0.3 is 0 Å². The van der Waals surface area contributed by atoms with Gasteiger partial charge in [-0.25, -0.2) is 0 Å². The molecule has 2 nitrogen and oxygen atoms in total. The first-order valence-corrected chi connectivity index (χ1v) is 7.29. The second-order valence-corrected chi connectivity index (χ2v) is 5.71. The first-order chi connectivity index (χ1) is 7.85. The molecule has 2 fully saturated rings. The van der Waals surface area contributed by atoms with Gasteiger partial charge in [0.15, 0.2) is 0 Å². The lowest BCUT2D eigenvalue weighted by Crippen LogP contribution is -2.28. The van der Waals surface area contributed by atoms with Crippen LogP contribution >= 0.6 is 0 Å². The van der Waals surface area contributed by atoms with Gasteiger partial charge < -0.3 is 5.32 Å². The van der Waals surface area contributed by atoms with E-state index in [4.69, 9.17) is 0 Å². The Morgan fingerprint density at radius 3 is 2.88 bits per heavy atom. The summed E-state index contributed by atoms with van der Waals surface area (Å²) in [5.74, 6) is 1.97. The molecule has 0 aromatic rings. The van der Waals surface area contributed by atoms with Crippen molar-refractivity contribution in [3.05, 3.63) is 0 Å². The SMILES string of the molecule is CCCNCC1CCN(C2CC2CCC)C1. The quantitative estimate of drug-likeness (QED) is 0.668. The number of hydrogen-bond donors (Lipinski definition) is 1. The Hall–Kier alpha value is -0.0800. The zero-order chi connectivity index (χ0) is 11.4. The zero-order valence-corrected chi connectivity index (χ0v) is 11.0. The van der Waals surface area contributed by atoms with E-state index in [2.05, 4.69) is 24.1 Å². The van der Waals surface area contributed by atoms with Crippen LogP contribution in [0.3, 0.4) is 0 Å². The zero-order valence-electron chi connectivity index (χ0n) is 11.0. The molecule has 0 aromatic carbocycles. The van der Waals surface area contributed by atoms with Gasteiger partial charge in [0.2, 0.25) is 0 Å². The van der Waals surface area contributed by atoms with Crippen molar-refractivity contribution in [3.8, 4) is 0 Å². The molecule has 1 aliphatic carbocycles. The Morgan fingerprint density at radius 2 is 2.12 bits per heavy atom. The van der Waals surface area contributed by atoms with Crippen LogP contribution in [0.4, 0.5) is 0 Å². The van der Waals surface area contributed by atoms with Gasteiger partial charge in [0.05, 0.1) is 0 Å². The lowest BCUT2D eigenvalue weighted by molar-refractivity contribution is 0.294. The van der Waals surface area contributed by atoms with Crippen LogP contribution < -0.4 is 5.32 Å². The minimum atomic E-state index is 0.925. The van der Waals surface area contributed by atoms with Crippen molar-refractivity contribution in [2.75, 3.05) is 26.2 Å². The third-order valence-electron chi connectivity index (χ3n) is 4.19. The highest BCUT2D eigenvalue weighted by atomic mass is 15.2. The first kappa shape index (κ1) is 12.4. The van der Waals surface area contributed by atoms with Crippen LogP contribution in [0.5, 0.6) is 0 Å². The van der Waals surface area contributed by atoms with Gasteiger partial charge in [-0.1, -0.05) is 20.3 Å². The molecular formula is C14H28N2. The molecule has 0 amide bonds. The predicted molar refractivity (Wildman–Crippen MR) is 69.6 cm³/mol. The molecule has 0 spiro atoms. The van der Waals surface area contributed by atoms with Crippen molar-refractivity contribution in [2.45, 2.75) is 52.0 Å². The minimum absolute atomic E-state index is 0.925. The van der Waals surface area contributed by atoms with Gasteiger partial charge in [-0.15, -0.1) is 0 Å². The van der Waals surface area contributed by atoms with Crippen LogP contribution in [0.1, 0.15) is 46.0 Å². The topological polar surface area (TPSA) is 15.3 Å². The third kappa shape index (κ3) is 3.21. The molecule has 2 rings (SSSR count). The molecule has 3 unspecified atom stereocenters. The highest BCUT2D eigenvalue weighted by molar-refractivity contribution is 4.97.